The van der Waals surface area contributed by atoms with E-state index in [1.165, 1.54) is 10.9 Å². The lowest BCUT2D eigenvalue weighted by Crippen LogP contribution is -2.24. The predicted octanol–water partition coefficient (Wildman–Crippen LogP) is 2.37. The molecule has 1 aliphatic carbocycles. The molecule has 1 saturated carbocycles. The second-order valence-corrected chi connectivity index (χ2v) is 8.85. The third-order valence-corrected chi connectivity index (χ3v) is 6.91. The summed E-state index contributed by atoms with van der Waals surface area (Å²) in [6.07, 6.45) is 3.05. The number of anilines is 1. The molecule has 9 nitrogen and oxygen atoms in total. The lowest BCUT2D eigenvalue weighted by atomic mass is 10.2. The molecule has 31 heavy (non-hydrogen) atoms. The van der Waals surface area contributed by atoms with Crippen molar-refractivity contribution in [1.82, 2.24) is 29.2 Å². The zero-order chi connectivity index (χ0) is 21.3. The summed E-state index contributed by atoms with van der Waals surface area (Å²) in [5.41, 5.74) is 2.95. The van der Waals surface area contributed by atoms with E-state index in [9.17, 15) is 4.79 Å². The van der Waals surface area contributed by atoms with E-state index in [0.29, 0.717) is 34.8 Å². The Labute approximate surface area is 182 Å². The molecule has 0 N–H and O–H groups in total. The average Bonchev–Trinajstić information content (AvgIpc) is 3.18. The Kier molecular flexibility index (Phi) is 3.98. The van der Waals surface area contributed by atoms with Crippen molar-refractivity contribution >= 4 is 28.5 Å². The maximum Gasteiger partial charge on any atom is 0.280 e. The normalized spacial score (nSPS) is 22.3. The van der Waals surface area contributed by atoms with Gasteiger partial charge in [-0.05, 0) is 36.5 Å². The van der Waals surface area contributed by atoms with E-state index in [1.807, 2.05) is 13.0 Å². The summed E-state index contributed by atoms with van der Waals surface area (Å²) in [7, 11) is 1.77. The number of aromatic nitrogens is 6. The highest BCUT2D eigenvalue weighted by atomic mass is 35.5. The van der Waals surface area contributed by atoms with Crippen LogP contribution in [0.5, 0.6) is 0 Å². The van der Waals surface area contributed by atoms with Crippen molar-refractivity contribution in [3.05, 3.63) is 63.5 Å². The highest BCUT2D eigenvalue weighted by molar-refractivity contribution is 6.31. The third kappa shape index (κ3) is 2.95. The second kappa shape index (κ2) is 6.65. The van der Waals surface area contributed by atoms with Crippen LogP contribution in [0.3, 0.4) is 0 Å². The molecule has 1 unspecified atom stereocenters. The molecule has 2 fully saturated rings. The van der Waals surface area contributed by atoms with Gasteiger partial charge in [-0.2, -0.15) is 4.98 Å². The molecule has 158 valence electrons. The second-order valence-electron chi connectivity index (χ2n) is 8.44. The molecule has 1 saturated heterocycles. The maximum absolute atomic E-state index is 12.7. The SMILES string of the molecule is Cc1ccc(N2C[C@@H]3C(c4noc(Cn5cnc6ncn(C)c6c5=O)n4)[C@@H]3C2)cc1Cl. The molecule has 0 spiro atoms. The van der Waals surface area contributed by atoms with Gasteiger partial charge in [0.2, 0.25) is 5.89 Å². The molecule has 4 aromatic rings. The van der Waals surface area contributed by atoms with Crippen molar-refractivity contribution in [3.8, 4) is 0 Å². The number of fused-ring (bicyclic) bond motifs is 2. The van der Waals surface area contributed by atoms with Crippen LogP contribution in [0.15, 0.2) is 40.2 Å². The number of nitrogens with zero attached hydrogens (tertiary/aromatic N) is 7. The largest absolute Gasteiger partial charge is 0.371 e. The molecule has 0 amide bonds. The Bertz CT molecular complexity index is 1360. The summed E-state index contributed by atoms with van der Waals surface area (Å²) in [6.45, 7) is 4.12. The number of piperidine rings is 1. The number of benzene rings is 1. The number of aryl methyl sites for hydroxylation is 2. The molecule has 1 aliphatic heterocycles. The van der Waals surface area contributed by atoms with Gasteiger partial charge in [-0.15, -0.1) is 0 Å². The van der Waals surface area contributed by atoms with Crippen LogP contribution in [0.4, 0.5) is 5.69 Å². The molecule has 3 aromatic heterocycles. The van der Waals surface area contributed by atoms with Crippen LogP contribution >= 0.6 is 11.6 Å². The van der Waals surface area contributed by atoms with Gasteiger partial charge in [-0.1, -0.05) is 22.8 Å². The summed E-state index contributed by atoms with van der Waals surface area (Å²) in [4.78, 5) is 28.0. The molecular formula is C21H20ClN7O2. The first-order valence-electron chi connectivity index (χ1n) is 10.2. The van der Waals surface area contributed by atoms with Gasteiger partial charge in [0.1, 0.15) is 12.9 Å². The fourth-order valence-corrected chi connectivity index (χ4v) is 4.87. The molecular weight excluding hydrogens is 418 g/mol. The number of rotatable bonds is 4. The van der Waals surface area contributed by atoms with Crippen molar-refractivity contribution in [2.75, 3.05) is 18.0 Å². The highest BCUT2D eigenvalue weighted by Gasteiger charge is 2.58. The summed E-state index contributed by atoms with van der Waals surface area (Å²) < 4.78 is 8.59. The number of hydrogen-bond donors (Lipinski definition) is 0. The van der Waals surface area contributed by atoms with Gasteiger partial charge < -0.3 is 14.0 Å². The third-order valence-electron chi connectivity index (χ3n) is 6.50. The lowest BCUT2D eigenvalue weighted by molar-refractivity contribution is 0.363. The zero-order valence-corrected chi connectivity index (χ0v) is 17.8. The number of halogens is 1. The van der Waals surface area contributed by atoms with E-state index < -0.39 is 0 Å². The first-order valence-corrected chi connectivity index (χ1v) is 10.6. The van der Waals surface area contributed by atoms with Crippen LogP contribution < -0.4 is 10.5 Å². The quantitative estimate of drug-likeness (QED) is 0.483. The average molecular weight is 438 g/mol. The van der Waals surface area contributed by atoms with Crippen molar-refractivity contribution in [2.45, 2.75) is 19.4 Å². The molecule has 4 heterocycles. The minimum Gasteiger partial charge on any atom is -0.371 e. The first-order chi connectivity index (χ1) is 15.0. The fourth-order valence-electron chi connectivity index (χ4n) is 4.70. The number of imidazole rings is 1. The van der Waals surface area contributed by atoms with E-state index in [4.69, 9.17) is 16.1 Å². The zero-order valence-electron chi connectivity index (χ0n) is 17.1. The summed E-state index contributed by atoms with van der Waals surface area (Å²) in [5, 5.41) is 5.00. The predicted molar refractivity (Wildman–Crippen MR) is 114 cm³/mol. The summed E-state index contributed by atoms with van der Waals surface area (Å²) >= 11 is 6.29. The first kappa shape index (κ1) is 18.6. The van der Waals surface area contributed by atoms with Gasteiger partial charge in [0.25, 0.3) is 5.56 Å². The highest BCUT2D eigenvalue weighted by Crippen LogP contribution is 2.58. The standard InChI is InChI=1S/C21H20ClN7O2/c1-11-3-4-12(5-15(11)22)28-6-13-14(7-28)17(13)19-25-16(31-26-19)8-29-10-24-20-18(21(29)30)27(2)9-23-20/h3-5,9-10,13-14,17H,6-8H2,1-2H3/t13-,14+,17?. The van der Waals surface area contributed by atoms with Crippen molar-refractivity contribution in [3.63, 3.8) is 0 Å². The molecule has 6 rings (SSSR count). The Morgan fingerprint density at radius 2 is 1.97 bits per heavy atom. The minimum absolute atomic E-state index is 0.180. The summed E-state index contributed by atoms with van der Waals surface area (Å²) in [5.74, 6) is 2.48. The summed E-state index contributed by atoms with van der Waals surface area (Å²) in [6, 6.07) is 6.22. The molecule has 2 aliphatic rings. The molecule has 1 aromatic carbocycles. The number of hydrogen-bond acceptors (Lipinski definition) is 7. The van der Waals surface area contributed by atoms with Gasteiger partial charge in [0.05, 0.1) is 6.33 Å². The monoisotopic (exact) mass is 437 g/mol. The topological polar surface area (TPSA) is 94.9 Å². The Hall–Kier alpha value is -3.20. The van der Waals surface area contributed by atoms with Crippen LogP contribution in [-0.2, 0) is 13.6 Å². The van der Waals surface area contributed by atoms with Gasteiger partial charge in [-0.3, -0.25) is 9.36 Å². The van der Waals surface area contributed by atoms with E-state index >= 15 is 0 Å². The Morgan fingerprint density at radius 3 is 2.74 bits per heavy atom. The molecule has 3 atom stereocenters. The van der Waals surface area contributed by atoms with Crippen molar-refractivity contribution in [1.29, 1.82) is 0 Å². The van der Waals surface area contributed by atoms with Crippen LogP contribution in [0.2, 0.25) is 5.02 Å². The molecule has 10 heteroatoms. The fraction of sp³-hybridized carbons (Fsp3) is 0.381. The van der Waals surface area contributed by atoms with Gasteiger partial charge >= 0.3 is 0 Å². The van der Waals surface area contributed by atoms with Gasteiger partial charge in [0, 0.05) is 36.8 Å². The van der Waals surface area contributed by atoms with Gasteiger partial charge in [0.15, 0.2) is 17.0 Å². The van der Waals surface area contributed by atoms with E-state index in [1.54, 1.807) is 17.9 Å². The minimum atomic E-state index is -0.180. The van der Waals surface area contributed by atoms with E-state index in [2.05, 4.69) is 37.1 Å². The van der Waals surface area contributed by atoms with E-state index in [-0.39, 0.29) is 12.1 Å². The van der Waals surface area contributed by atoms with Gasteiger partial charge in [-0.25, -0.2) is 9.97 Å². The van der Waals surface area contributed by atoms with Crippen LogP contribution in [0.25, 0.3) is 11.2 Å². The Morgan fingerprint density at radius 1 is 1.19 bits per heavy atom. The van der Waals surface area contributed by atoms with Crippen molar-refractivity contribution in [2.24, 2.45) is 18.9 Å². The smallest absolute Gasteiger partial charge is 0.280 e. The molecule has 0 radical (unpaired) electrons. The van der Waals surface area contributed by atoms with Crippen LogP contribution in [-0.4, -0.2) is 42.3 Å². The van der Waals surface area contributed by atoms with E-state index in [0.717, 1.165) is 35.2 Å². The van der Waals surface area contributed by atoms with Crippen molar-refractivity contribution < 1.29 is 4.52 Å². The van der Waals surface area contributed by atoms with Crippen LogP contribution in [0, 0.1) is 18.8 Å². The lowest BCUT2D eigenvalue weighted by Gasteiger charge is -2.22. The Balaban J connectivity index is 1.16. The maximum atomic E-state index is 12.7. The molecule has 0 bridgehead atoms. The van der Waals surface area contributed by atoms with Crippen LogP contribution in [0.1, 0.15) is 23.2 Å².